The molecule has 2 aromatic carbocycles. The number of hydrogen-bond acceptors (Lipinski definition) is 1. The van der Waals surface area contributed by atoms with E-state index in [0.717, 1.165) is 12.2 Å². The van der Waals surface area contributed by atoms with Gasteiger partial charge in [-0.05, 0) is 22.9 Å². The number of carbonyl (C=O) groups excluding carboxylic acids is 1. The van der Waals surface area contributed by atoms with Crippen molar-refractivity contribution < 1.29 is 4.79 Å². The number of hydrogen-bond donors (Lipinski definition) is 0. The van der Waals surface area contributed by atoms with Gasteiger partial charge in [0.1, 0.15) is 0 Å². The third-order valence-corrected chi connectivity index (χ3v) is 2.90. The number of nitrogens with zero attached hydrogens (tertiary/aromatic N) is 1. The number of benzene rings is 2. The molecule has 0 N–H and O–H groups in total. The van der Waals surface area contributed by atoms with E-state index in [4.69, 9.17) is 0 Å². The van der Waals surface area contributed by atoms with Gasteiger partial charge in [-0.15, -0.1) is 0 Å². The molecule has 3 rings (SSSR count). The Labute approximate surface area is 88.1 Å². The van der Waals surface area contributed by atoms with Gasteiger partial charge >= 0.3 is 0 Å². The van der Waals surface area contributed by atoms with E-state index >= 15 is 0 Å². The lowest BCUT2D eigenvalue weighted by atomic mass is 10.1. The predicted molar refractivity (Wildman–Crippen MR) is 60.9 cm³/mol. The van der Waals surface area contributed by atoms with Crippen molar-refractivity contribution in [1.82, 2.24) is 0 Å². The summed E-state index contributed by atoms with van der Waals surface area (Å²) in [7, 11) is 0. The van der Waals surface area contributed by atoms with E-state index in [1.165, 1.54) is 10.8 Å². The molecule has 1 fully saturated rings. The van der Waals surface area contributed by atoms with Crippen LogP contribution >= 0.6 is 0 Å². The Hall–Kier alpha value is -1.83. The Kier molecular flexibility index (Phi) is 1.75. The highest BCUT2D eigenvalue weighted by Crippen LogP contribution is 2.25. The second kappa shape index (κ2) is 3.09. The number of anilines is 1. The molecule has 0 spiro atoms. The fourth-order valence-electron chi connectivity index (χ4n) is 1.93. The number of fused-ring (bicyclic) bond motifs is 1. The quantitative estimate of drug-likeness (QED) is 0.643. The molecule has 2 heteroatoms. The summed E-state index contributed by atoms with van der Waals surface area (Å²) in [4.78, 5) is 13.1. The summed E-state index contributed by atoms with van der Waals surface area (Å²) in [5, 5.41) is 2.41. The van der Waals surface area contributed by atoms with E-state index in [1.54, 1.807) is 0 Å². The van der Waals surface area contributed by atoms with Crippen LogP contribution in [0.1, 0.15) is 6.42 Å². The van der Waals surface area contributed by atoms with E-state index in [-0.39, 0.29) is 5.91 Å². The van der Waals surface area contributed by atoms with Gasteiger partial charge in [0.15, 0.2) is 0 Å². The first kappa shape index (κ1) is 8.48. The van der Waals surface area contributed by atoms with Gasteiger partial charge in [0.2, 0.25) is 5.91 Å². The molecule has 0 bridgehead atoms. The lowest BCUT2D eigenvalue weighted by Crippen LogP contribution is -2.43. The smallest absolute Gasteiger partial charge is 0.228 e. The first-order valence-electron chi connectivity index (χ1n) is 5.14. The van der Waals surface area contributed by atoms with Crippen LogP contribution in [0.4, 0.5) is 5.69 Å². The summed E-state index contributed by atoms with van der Waals surface area (Å²) in [5.41, 5.74) is 1.02. The highest BCUT2D eigenvalue weighted by Gasteiger charge is 2.24. The van der Waals surface area contributed by atoms with Crippen LogP contribution in [0, 0.1) is 0 Å². The Bertz CT molecular complexity index is 533. The van der Waals surface area contributed by atoms with Gasteiger partial charge < -0.3 is 4.90 Å². The van der Waals surface area contributed by atoms with Crippen molar-refractivity contribution in [3.63, 3.8) is 0 Å². The fraction of sp³-hybridized carbons (Fsp3) is 0.154. The van der Waals surface area contributed by atoms with Crippen LogP contribution in [0.2, 0.25) is 0 Å². The van der Waals surface area contributed by atoms with E-state index in [9.17, 15) is 4.79 Å². The molecule has 0 radical (unpaired) electrons. The molecule has 1 heterocycles. The largest absolute Gasteiger partial charge is 0.312 e. The first-order valence-corrected chi connectivity index (χ1v) is 5.14. The molecule has 74 valence electrons. The van der Waals surface area contributed by atoms with E-state index in [1.807, 2.05) is 23.1 Å². The second-order valence-electron chi connectivity index (χ2n) is 3.83. The zero-order valence-electron chi connectivity index (χ0n) is 8.31. The molecule has 0 aromatic heterocycles. The first-order chi connectivity index (χ1) is 7.34. The maximum Gasteiger partial charge on any atom is 0.228 e. The molecule has 1 aliphatic rings. The maximum atomic E-state index is 11.3. The van der Waals surface area contributed by atoms with Gasteiger partial charge in [-0.25, -0.2) is 0 Å². The minimum Gasteiger partial charge on any atom is -0.312 e. The van der Waals surface area contributed by atoms with Crippen molar-refractivity contribution in [3.05, 3.63) is 42.5 Å². The molecule has 15 heavy (non-hydrogen) atoms. The van der Waals surface area contributed by atoms with Gasteiger partial charge in [0, 0.05) is 18.7 Å². The van der Waals surface area contributed by atoms with Crippen LogP contribution in [-0.4, -0.2) is 12.5 Å². The van der Waals surface area contributed by atoms with Crippen LogP contribution < -0.4 is 4.90 Å². The minimum atomic E-state index is 0.227. The average Bonchev–Trinajstić information content (AvgIpc) is 2.27. The molecular formula is C13H11NO. The summed E-state index contributed by atoms with van der Waals surface area (Å²) in [6.07, 6.45) is 0.687. The van der Waals surface area contributed by atoms with Crippen molar-refractivity contribution in [2.24, 2.45) is 0 Å². The van der Waals surface area contributed by atoms with Gasteiger partial charge in [-0.2, -0.15) is 0 Å². The highest BCUT2D eigenvalue weighted by molar-refractivity contribution is 6.01. The van der Waals surface area contributed by atoms with E-state index in [0.29, 0.717) is 6.42 Å². The molecule has 0 unspecified atom stereocenters. The standard InChI is InChI=1S/C13H11NO/c15-13-7-8-14(13)12-6-5-10-3-1-2-4-11(10)9-12/h1-6,9H,7-8H2. The van der Waals surface area contributed by atoms with Gasteiger partial charge in [0.25, 0.3) is 0 Å². The van der Waals surface area contributed by atoms with Crippen molar-refractivity contribution in [3.8, 4) is 0 Å². The van der Waals surface area contributed by atoms with Crippen LogP contribution in [0.15, 0.2) is 42.5 Å². The second-order valence-corrected chi connectivity index (χ2v) is 3.83. The molecule has 0 atom stereocenters. The molecule has 0 aliphatic carbocycles. The van der Waals surface area contributed by atoms with Gasteiger partial charge in [0.05, 0.1) is 0 Å². The SMILES string of the molecule is O=C1CCN1c1ccc2ccccc2c1. The van der Waals surface area contributed by atoms with E-state index < -0.39 is 0 Å². The highest BCUT2D eigenvalue weighted by atomic mass is 16.2. The molecular weight excluding hydrogens is 186 g/mol. The summed E-state index contributed by atoms with van der Waals surface area (Å²) in [6.45, 7) is 0.858. The minimum absolute atomic E-state index is 0.227. The summed E-state index contributed by atoms with van der Waals surface area (Å²) in [5.74, 6) is 0.227. The van der Waals surface area contributed by atoms with Crippen LogP contribution in [0.5, 0.6) is 0 Å². The average molecular weight is 197 g/mol. The molecule has 1 aliphatic heterocycles. The normalized spacial score (nSPS) is 15.5. The summed E-state index contributed by atoms with van der Waals surface area (Å²) in [6, 6.07) is 14.4. The third-order valence-electron chi connectivity index (χ3n) is 2.90. The third kappa shape index (κ3) is 1.30. The molecule has 1 saturated heterocycles. The van der Waals surface area contributed by atoms with Crippen molar-refractivity contribution >= 4 is 22.4 Å². The maximum absolute atomic E-state index is 11.3. The van der Waals surface area contributed by atoms with E-state index in [2.05, 4.69) is 24.3 Å². The van der Waals surface area contributed by atoms with Crippen molar-refractivity contribution in [1.29, 1.82) is 0 Å². The summed E-state index contributed by atoms with van der Waals surface area (Å²) >= 11 is 0. The molecule has 1 amide bonds. The zero-order chi connectivity index (χ0) is 10.3. The Balaban J connectivity index is 2.10. The number of β-lactam (4-membered cyclic amide) rings is 1. The topological polar surface area (TPSA) is 20.3 Å². The summed E-state index contributed by atoms with van der Waals surface area (Å²) < 4.78 is 0. The number of rotatable bonds is 1. The Morgan fingerprint density at radius 2 is 1.80 bits per heavy atom. The molecule has 0 saturated carbocycles. The van der Waals surface area contributed by atoms with Crippen LogP contribution in [0.25, 0.3) is 10.8 Å². The van der Waals surface area contributed by atoms with Gasteiger partial charge in [-0.1, -0.05) is 30.3 Å². The Morgan fingerprint density at radius 1 is 1.00 bits per heavy atom. The Morgan fingerprint density at radius 3 is 2.47 bits per heavy atom. The zero-order valence-corrected chi connectivity index (χ0v) is 8.31. The van der Waals surface area contributed by atoms with Crippen molar-refractivity contribution in [2.45, 2.75) is 6.42 Å². The van der Waals surface area contributed by atoms with Crippen molar-refractivity contribution in [2.75, 3.05) is 11.4 Å². The van der Waals surface area contributed by atoms with Crippen LogP contribution in [-0.2, 0) is 4.79 Å². The number of carbonyl (C=O) groups is 1. The predicted octanol–water partition coefficient (Wildman–Crippen LogP) is 2.58. The monoisotopic (exact) mass is 197 g/mol. The lowest BCUT2D eigenvalue weighted by Gasteiger charge is -2.30. The molecule has 2 nitrogen and oxygen atoms in total. The number of amides is 1. The molecule has 2 aromatic rings. The van der Waals surface area contributed by atoms with Gasteiger partial charge in [-0.3, -0.25) is 4.79 Å². The van der Waals surface area contributed by atoms with Crippen LogP contribution in [0.3, 0.4) is 0 Å². The lowest BCUT2D eigenvalue weighted by molar-refractivity contribution is -0.122. The fourth-order valence-corrected chi connectivity index (χ4v) is 1.93.